The smallest absolute Gasteiger partial charge is 0.259 e. The first kappa shape index (κ1) is 34.5. The second-order valence-corrected chi connectivity index (χ2v) is 14.6. The number of aryl methyl sites for hydroxylation is 2. The van der Waals surface area contributed by atoms with Gasteiger partial charge in [-0.15, -0.1) is 21.5 Å². The van der Waals surface area contributed by atoms with Gasteiger partial charge in [0, 0.05) is 51.8 Å². The summed E-state index contributed by atoms with van der Waals surface area (Å²) in [7, 11) is 0. The van der Waals surface area contributed by atoms with Crippen LogP contribution < -0.4 is 16.0 Å². The van der Waals surface area contributed by atoms with Crippen molar-refractivity contribution in [2.24, 2.45) is 4.99 Å². The number of aromatic nitrogens is 3. The predicted molar refractivity (Wildman–Crippen MR) is 192 cm³/mol. The van der Waals surface area contributed by atoms with E-state index in [9.17, 15) is 24.3 Å². The molecule has 13 nitrogen and oxygen atoms in total. The summed E-state index contributed by atoms with van der Waals surface area (Å²) in [4.78, 5) is 58.3. The number of hydrogen-bond acceptors (Lipinski definition) is 10. The number of halogens is 1. The number of nitrogens with zero attached hydrogens (tertiary/aromatic N) is 5. The molecule has 0 aliphatic carbocycles. The van der Waals surface area contributed by atoms with E-state index in [1.807, 2.05) is 35.8 Å². The van der Waals surface area contributed by atoms with Crippen molar-refractivity contribution in [3.05, 3.63) is 91.8 Å². The molecule has 3 aliphatic heterocycles. The molecule has 2 aromatic carbocycles. The molecular weight excluding hydrogens is 692 g/mol. The lowest BCUT2D eigenvalue weighted by Gasteiger charge is -2.31. The number of anilines is 1. The van der Waals surface area contributed by atoms with Crippen molar-refractivity contribution in [3.63, 3.8) is 0 Å². The van der Waals surface area contributed by atoms with Gasteiger partial charge < -0.3 is 15.7 Å². The zero-order valence-electron chi connectivity index (χ0n) is 28.3. The Hall–Kier alpha value is -4.92. The Balaban J connectivity index is 0.981. The fraction of sp³-hybridized carbons (Fsp3) is 0.361. The average molecular weight is 729 g/mol. The van der Waals surface area contributed by atoms with Crippen LogP contribution in [0.3, 0.4) is 0 Å². The number of thiophene rings is 1. The molecule has 4 aromatic rings. The van der Waals surface area contributed by atoms with Crippen LogP contribution in [-0.4, -0.2) is 73.2 Å². The Labute approximate surface area is 303 Å². The van der Waals surface area contributed by atoms with E-state index in [-0.39, 0.29) is 25.2 Å². The Morgan fingerprint density at radius 1 is 1.04 bits per heavy atom. The number of amides is 4. The van der Waals surface area contributed by atoms with Crippen molar-refractivity contribution < 1.29 is 24.3 Å². The second kappa shape index (κ2) is 14.0. The van der Waals surface area contributed by atoms with Gasteiger partial charge in [-0.2, -0.15) is 0 Å². The van der Waals surface area contributed by atoms with E-state index in [0.29, 0.717) is 53.6 Å². The number of hydrogen-bond donors (Lipinski definition) is 4. The molecule has 4 amide bonds. The molecule has 264 valence electrons. The molecule has 15 heteroatoms. The normalized spacial score (nSPS) is 19.5. The Kier molecular flexibility index (Phi) is 9.48. The number of fused-ring (bicyclic) bond motifs is 4. The van der Waals surface area contributed by atoms with Crippen LogP contribution in [0.25, 0.3) is 5.00 Å². The van der Waals surface area contributed by atoms with Crippen molar-refractivity contribution in [1.82, 2.24) is 30.3 Å². The minimum atomic E-state index is -1.29. The lowest BCUT2D eigenvalue weighted by atomic mass is 9.99. The van der Waals surface area contributed by atoms with Gasteiger partial charge in [-0.25, -0.2) is 0 Å². The van der Waals surface area contributed by atoms with Crippen molar-refractivity contribution in [2.75, 3.05) is 18.4 Å². The van der Waals surface area contributed by atoms with Crippen LogP contribution in [0.5, 0.6) is 0 Å². The highest BCUT2D eigenvalue weighted by atomic mass is 35.5. The highest BCUT2D eigenvalue weighted by Crippen LogP contribution is 2.40. The van der Waals surface area contributed by atoms with E-state index in [1.54, 1.807) is 29.5 Å². The maximum absolute atomic E-state index is 13.4. The Bertz CT molecular complexity index is 2090. The molecule has 51 heavy (non-hydrogen) atoms. The molecule has 7 rings (SSSR count). The van der Waals surface area contributed by atoms with E-state index in [2.05, 4.69) is 40.0 Å². The van der Waals surface area contributed by atoms with Crippen molar-refractivity contribution in [1.29, 1.82) is 0 Å². The average Bonchev–Trinajstić information content (AvgIpc) is 3.68. The van der Waals surface area contributed by atoms with Gasteiger partial charge in [-0.1, -0.05) is 35.9 Å². The number of rotatable bonds is 10. The highest BCUT2D eigenvalue weighted by Gasteiger charge is 2.45. The molecule has 1 fully saturated rings. The van der Waals surface area contributed by atoms with E-state index in [1.165, 1.54) is 4.88 Å². The number of nitrogens with one attached hydrogen (secondary N) is 3. The summed E-state index contributed by atoms with van der Waals surface area (Å²) >= 11 is 7.87. The van der Waals surface area contributed by atoms with Crippen molar-refractivity contribution >= 4 is 58.0 Å². The molecule has 3 aliphatic rings. The summed E-state index contributed by atoms with van der Waals surface area (Å²) < 4.78 is 2.02. The minimum Gasteiger partial charge on any atom is -0.384 e. The fourth-order valence-electron chi connectivity index (χ4n) is 6.90. The number of piperidine rings is 1. The third-order valence-electron chi connectivity index (χ3n) is 9.61. The van der Waals surface area contributed by atoms with Crippen LogP contribution in [0.2, 0.25) is 5.02 Å². The monoisotopic (exact) mass is 728 g/mol. The number of benzene rings is 2. The third-order valence-corrected chi connectivity index (χ3v) is 11.1. The molecular formula is C36H37ClN8O5S. The maximum atomic E-state index is 13.4. The van der Waals surface area contributed by atoms with Gasteiger partial charge in [0.2, 0.25) is 17.7 Å². The molecule has 2 aromatic heterocycles. The largest absolute Gasteiger partial charge is 0.384 e. The van der Waals surface area contributed by atoms with Crippen LogP contribution in [-0.2, 0) is 14.4 Å². The predicted octanol–water partition coefficient (Wildman–Crippen LogP) is 4.45. The standard InChI is InChI=1S/C36H37ClN8O5S/c1-18-19(2)51-36-29(18)31(21-9-11-22(37)12-10-21)40-25(32-43-42-20(3)44(32)36)17-28(47)39-16-5-4-15-38-24-8-6-7-23-30(24)35(50)45(34(23)49)26-13-14-27(46)41-33(26)48/h6-12,25-26,34,38,49H,4-5,13-17H2,1-3H3,(H,39,47)(H,41,46,48)/t25-,26?,34?/m0/s1. The van der Waals surface area contributed by atoms with Crippen molar-refractivity contribution in [2.45, 2.75) is 71.2 Å². The van der Waals surface area contributed by atoms with E-state index in [0.717, 1.165) is 38.1 Å². The molecule has 0 saturated carbocycles. The summed E-state index contributed by atoms with van der Waals surface area (Å²) in [5.41, 5.74) is 5.09. The van der Waals surface area contributed by atoms with Gasteiger partial charge in [-0.05, 0) is 63.8 Å². The first-order valence-corrected chi connectivity index (χ1v) is 18.1. The van der Waals surface area contributed by atoms with Gasteiger partial charge in [-0.3, -0.25) is 39.0 Å². The molecule has 1 saturated heterocycles. The van der Waals surface area contributed by atoms with Crippen LogP contribution in [0, 0.1) is 20.8 Å². The van der Waals surface area contributed by atoms with Crippen LogP contribution in [0.1, 0.15) is 93.5 Å². The Morgan fingerprint density at radius 3 is 2.57 bits per heavy atom. The first-order valence-electron chi connectivity index (χ1n) is 16.9. The van der Waals surface area contributed by atoms with E-state index < -0.39 is 36.0 Å². The minimum absolute atomic E-state index is 0.0880. The number of imide groups is 1. The molecule has 3 atom stereocenters. The van der Waals surface area contributed by atoms with Gasteiger partial charge in [0.25, 0.3) is 5.91 Å². The molecule has 0 radical (unpaired) electrons. The van der Waals surface area contributed by atoms with Gasteiger partial charge >= 0.3 is 0 Å². The SMILES string of the molecule is Cc1sc2c(c1C)C(c1ccc(Cl)cc1)=N[C@@H](CC(=O)NCCCCNc1cccc3c1C(=O)N(C1CCC(=O)NC1=O)C3O)c1nnc(C)n1-2. The van der Waals surface area contributed by atoms with Crippen molar-refractivity contribution in [3.8, 4) is 5.00 Å². The highest BCUT2D eigenvalue weighted by molar-refractivity contribution is 7.15. The summed E-state index contributed by atoms with van der Waals surface area (Å²) in [5.74, 6) is -0.266. The topological polar surface area (TPSA) is 171 Å². The quantitative estimate of drug-likeness (QED) is 0.137. The maximum Gasteiger partial charge on any atom is 0.259 e. The first-order chi connectivity index (χ1) is 24.5. The Morgan fingerprint density at radius 2 is 1.80 bits per heavy atom. The summed E-state index contributed by atoms with van der Waals surface area (Å²) in [6, 6.07) is 11.2. The number of aliphatic imine (C=N–C) groups is 1. The molecule has 0 spiro atoms. The lowest BCUT2D eigenvalue weighted by molar-refractivity contribution is -0.139. The fourth-order valence-corrected chi connectivity index (χ4v) is 8.24. The van der Waals surface area contributed by atoms with Crippen LogP contribution in [0.4, 0.5) is 5.69 Å². The zero-order valence-corrected chi connectivity index (χ0v) is 29.9. The second-order valence-electron chi connectivity index (χ2n) is 12.9. The van der Waals surface area contributed by atoms with Gasteiger partial charge in [0.1, 0.15) is 22.9 Å². The zero-order chi connectivity index (χ0) is 36.0. The molecule has 2 unspecified atom stereocenters. The number of carbonyl (C=O) groups is 4. The number of aliphatic hydroxyl groups is 1. The summed E-state index contributed by atoms with van der Waals surface area (Å²) in [6.45, 7) is 7.02. The van der Waals surface area contributed by atoms with Crippen LogP contribution in [0.15, 0.2) is 47.5 Å². The van der Waals surface area contributed by atoms with E-state index in [4.69, 9.17) is 16.6 Å². The number of unbranched alkanes of at least 4 members (excludes halogenated alkanes) is 1. The van der Waals surface area contributed by atoms with E-state index >= 15 is 0 Å². The summed E-state index contributed by atoms with van der Waals surface area (Å²) in [6.07, 6.45) is 0.408. The summed E-state index contributed by atoms with van der Waals surface area (Å²) in [5, 5.41) is 29.9. The van der Waals surface area contributed by atoms with Crippen LogP contribution >= 0.6 is 22.9 Å². The molecule has 4 N–H and O–H groups in total. The van der Waals surface area contributed by atoms with Gasteiger partial charge in [0.05, 0.1) is 17.7 Å². The van der Waals surface area contributed by atoms with Gasteiger partial charge in [0.15, 0.2) is 12.1 Å². The lowest BCUT2D eigenvalue weighted by Crippen LogP contribution is -2.53. The number of carbonyl (C=O) groups excluding carboxylic acids is 4. The third kappa shape index (κ3) is 6.43. The molecule has 0 bridgehead atoms. The number of aliphatic hydroxyl groups excluding tert-OH is 1. The molecule has 5 heterocycles.